The Morgan fingerprint density at radius 2 is 1.96 bits per heavy atom. The molecular weight excluding hydrogens is 332 g/mol. The standard InChI is InChI=1S/C15H14N4O2S2/c1-23-12-8-6-11(7-9-12)10-16-18-15(22)17-13-4-2-3-5-14(13)19(20)21/h2-10H,1H3,(H2,17,18,22)/b16-10-. The number of hydrogen-bond acceptors (Lipinski definition) is 5. The molecule has 0 aliphatic heterocycles. The molecule has 0 aliphatic carbocycles. The number of hydrogen-bond donors (Lipinski definition) is 2. The van der Waals surface area contributed by atoms with Crippen molar-refractivity contribution < 1.29 is 4.92 Å². The number of nitro groups is 1. The number of anilines is 1. The fourth-order valence-corrected chi connectivity index (χ4v) is 2.32. The molecule has 0 aromatic heterocycles. The highest BCUT2D eigenvalue weighted by molar-refractivity contribution is 7.98. The van der Waals surface area contributed by atoms with Crippen molar-refractivity contribution in [3.05, 3.63) is 64.2 Å². The molecule has 118 valence electrons. The summed E-state index contributed by atoms with van der Waals surface area (Å²) in [6, 6.07) is 14.1. The van der Waals surface area contributed by atoms with Gasteiger partial charge < -0.3 is 5.32 Å². The molecule has 0 radical (unpaired) electrons. The highest BCUT2D eigenvalue weighted by atomic mass is 32.2. The number of hydrazone groups is 1. The number of thioether (sulfide) groups is 1. The van der Waals surface area contributed by atoms with Crippen LogP contribution in [0, 0.1) is 10.1 Å². The van der Waals surface area contributed by atoms with E-state index >= 15 is 0 Å². The van der Waals surface area contributed by atoms with Crippen LogP contribution in [-0.2, 0) is 0 Å². The molecule has 2 N–H and O–H groups in total. The summed E-state index contributed by atoms with van der Waals surface area (Å²) in [7, 11) is 0. The molecule has 0 spiro atoms. The molecule has 2 rings (SSSR count). The summed E-state index contributed by atoms with van der Waals surface area (Å²) in [4.78, 5) is 11.6. The van der Waals surface area contributed by atoms with Crippen molar-refractivity contribution >= 4 is 46.7 Å². The van der Waals surface area contributed by atoms with Gasteiger partial charge in [0.1, 0.15) is 5.69 Å². The van der Waals surface area contributed by atoms with Crippen LogP contribution in [0.3, 0.4) is 0 Å². The Labute approximate surface area is 143 Å². The molecule has 0 unspecified atom stereocenters. The lowest BCUT2D eigenvalue weighted by atomic mass is 10.2. The Kier molecular flexibility index (Phi) is 6.07. The number of nitrogens with zero attached hydrogens (tertiary/aromatic N) is 2. The Bertz CT molecular complexity index is 733. The highest BCUT2D eigenvalue weighted by Crippen LogP contribution is 2.22. The van der Waals surface area contributed by atoms with Gasteiger partial charge in [0.15, 0.2) is 5.11 Å². The molecule has 0 fully saturated rings. The average Bonchev–Trinajstić information content (AvgIpc) is 2.56. The normalized spacial score (nSPS) is 10.5. The van der Waals surface area contributed by atoms with Crippen molar-refractivity contribution in [3.63, 3.8) is 0 Å². The summed E-state index contributed by atoms with van der Waals surface area (Å²) in [6.45, 7) is 0. The van der Waals surface area contributed by atoms with Crippen molar-refractivity contribution in [1.29, 1.82) is 0 Å². The smallest absolute Gasteiger partial charge is 0.292 e. The van der Waals surface area contributed by atoms with Crippen LogP contribution >= 0.6 is 24.0 Å². The maximum Gasteiger partial charge on any atom is 0.292 e. The zero-order valence-electron chi connectivity index (χ0n) is 12.2. The van der Waals surface area contributed by atoms with Crippen LogP contribution in [0.5, 0.6) is 0 Å². The lowest BCUT2D eigenvalue weighted by molar-refractivity contribution is -0.383. The van der Waals surface area contributed by atoms with Gasteiger partial charge in [0, 0.05) is 11.0 Å². The predicted molar refractivity (Wildman–Crippen MR) is 98.3 cm³/mol. The van der Waals surface area contributed by atoms with Crippen molar-refractivity contribution in [3.8, 4) is 0 Å². The maximum atomic E-state index is 10.9. The molecule has 0 heterocycles. The molecule has 0 amide bonds. The van der Waals surface area contributed by atoms with Crippen LogP contribution in [0.15, 0.2) is 58.5 Å². The van der Waals surface area contributed by atoms with Gasteiger partial charge in [-0.2, -0.15) is 5.10 Å². The van der Waals surface area contributed by atoms with Crippen LogP contribution in [0.1, 0.15) is 5.56 Å². The second-order valence-corrected chi connectivity index (χ2v) is 5.66. The second kappa shape index (κ2) is 8.25. The predicted octanol–water partition coefficient (Wildman–Crippen LogP) is 3.64. The Morgan fingerprint density at radius 3 is 2.61 bits per heavy atom. The number of rotatable bonds is 5. The molecule has 23 heavy (non-hydrogen) atoms. The zero-order valence-corrected chi connectivity index (χ0v) is 13.9. The first kappa shape index (κ1) is 16.9. The molecule has 0 atom stereocenters. The van der Waals surface area contributed by atoms with Gasteiger partial charge in [0.05, 0.1) is 11.1 Å². The van der Waals surface area contributed by atoms with E-state index in [4.69, 9.17) is 12.2 Å². The first-order chi connectivity index (χ1) is 11.1. The lowest BCUT2D eigenvalue weighted by Crippen LogP contribution is -2.24. The summed E-state index contributed by atoms with van der Waals surface area (Å²) in [5.41, 5.74) is 3.82. The van der Waals surface area contributed by atoms with Crippen LogP contribution in [0.25, 0.3) is 0 Å². The fraction of sp³-hybridized carbons (Fsp3) is 0.0667. The minimum absolute atomic E-state index is 0.0479. The van der Waals surface area contributed by atoms with Crippen molar-refractivity contribution in [2.75, 3.05) is 11.6 Å². The third-order valence-corrected chi connectivity index (χ3v) is 3.78. The minimum atomic E-state index is -0.471. The first-order valence-corrected chi connectivity index (χ1v) is 8.21. The van der Waals surface area contributed by atoms with Gasteiger partial charge in [-0.15, -0.1) is 11.8 Å². The van der Waals surface area contributed by atoms with E-state index in [0.29, 0.717) is 5.69 Å². The molecule has 0 aliphatic rings. The molecule has 2 aromatic rings. The number of thiocarbonyl (C=S) groups is 1. The van der Waals surface area contributed by atoms with Crippen LogP contribution in [-0.4, -0.2) is 22.5 Å². The van der Waals surface area contributed by atoms with E-state index in [2.05, 4.69) is 15.8 Å². The van der Waals surface area contributed by atoms with Gasteiger partial charge >= 0.3 is 0 Å². The molecule has 0 bridgehead atoms. The first-order valence-electron chi connectivity index (χ1n) is 6.57. The largest absolute Gasteiger partial charge is 0.326 e. The highest BCUT2D eigenvalue weighted by Gasteiger charge is 2.12. The van der Waals surface area contributed by atoms with Gasteiger partial charge in [0.25, 0.3) is 5.69 Å². The molecule has 2 aromatic carbocycles. The topological polar surface area (TPSA) is 79.6 Å². The van der Waals surface area contributed by atoms with E-state index in [-0.39, 0.29) is 10.8 Å². The van der Waals surface area contributed by atoms with Crippen LogP contribution < -0.4 is 10.7 Å². The third-order valence-electron chi connectivity index (χ3n) is 2.84. The Morgan fingerprint density at radius 1 is 1.26 bits per heavy atom. The van der Waals surface area contributed by atoms with E-state index in [9.17, 15) is 10.1 Å². The van der Waals surface area contributed by atoms with Crippen LogP contribution in [0.2, 0.25) is 0 Å². The second-order valence-electron chi connectivity index (χ2n) is 4.37. The Balaban J connectivity index is 1.94. The summed E-state index contributed by atoms with van der Waals surface area (Å²) in [6.07, 6.45) is 3.63. The molecule has 0 saturated heterocycles. The van der Waals surface area contributed by atoms with Crippen LogP contribution in [0.4, 0.5) is 11.4 Å². The minimum Gasteiger partial charge on any atom is -0.326 e. The number of benzene rings is 2. The summed E-state index contributed by atoms with van der Waals surface area (Å²) < 4.78 is 0. The molecular formula is C15H14N4O2S2. The average molecular weight is 346 g/mol. The van der Waals surface area contributed by atoms with Gasteiger partial charge in [0.2, 0.25) is 0 Å². The van der Waals surface area contributed by atoms with Gasteiger partial charge in [-0.25, -0.2) is 0 Å². The van der Waals surface area contributed by atoms with E-state index in [1.165, 1.54) is 11.0 Å². The third kappa shape index (κ3) is 5.04. The van der Waals surface area contributed by atoms with E-state index in [0.717, 1.165) is 5.56 Å². The number of para-hydroxylation sites is 2. The van der Waals surface area contributed by atoms with Crippen molar-refractivity contribution in [2.24, 2.45) is 5.10 Å². The number of nitro benzene ring substituents is 1. The van der Waals surface area contributed by atoms with E-state index in [1.807, 2.05) is 30.5 Å². The summed E-state index contributed by atoms with van der Waals surface area (Å²) in [5, 5.41) is 17.9. The summed E-state index contributed by atoms with van der Waals surface area (Å²) in [5.74, 6) is 0. The molecule has 6 nitrogen and oxygen atoms in total. The Hall–Kier alpha value is -2.45. The van der Waals surface area contributed by atoms with Gasteiger partial charge in [-0.1, -0.05) is 24.3 Å². The van der Waals surface area contributed by atoms with E-state index < -0.39 is 4.92 Å². The molecule has 0 saturated carbocycles. The lowest BCUT2D eigenvalue weighted by Gasteiger charge is -2.07. The quantitative estimate of drug-likeness (QED) is 0.283. The van der Waals surface area contributed by atoms with E-state index in [1.54, 1.807) is 36.2 Å². The maximum absolute atomic E-state index is 10.9. The zero-order chi connectivity index (χ0) is 16.7. The monoisotopic (exact) mass is 346 g/mol. The van der Waals surface area contributed by atoms with Gasteiger partial charge in [-0.3, -0.25) is 15.5 Å². The molecule has 8 heteroatoms. The van der Waals surface area contributed by atoms with Crippen molar-refractivity contribution in [2.45, 2.75) is 4.90 Å². The summed E-state index contributed by atoms with van der Waals surface area (Å²) >= 11 is 6.74. The van der Waals surface area contributed by atoms with Gasteiger partial charge in [-0.05, 0) is 42.2 Å². The SMILES string of the molecule is CSc1ccc(/C=N\NC(=S)Nc2ccccc2[N+](=O)[O-])cc1. The number of nitrogens with one attached hydrogen (secondary N) is 2. The van der Waals surface area contributed by atoms with Crippen molar-refractivity contribution in [1.82, 2.24) is 5.43 Å². The fourth-order valence-electron chi connectivity index (χ4n) is 1.74.